The third-order valence-electron chi connectivity index (χ3n) is 1.49. The summed E-state index contributed by atoms with van der Waals surface area (Å²) in [5.74, 6) is 3.78. The molecule has 0 amide bonds. The Balaban J connectivity index is 2.33. The highest BCUT2D eigenvalue weighted by Crippen LogP contribution is 2.04. The summed E-state index contributed by atoms with van der Waals surface area (Å²) in [7, 11) is 0. The molecule has 0 fully saturated rings. The second-order valence-corrected chi connectivity index (χ2v) is 2.56. The molecule has 0 aliphatic heterocycles. The van der Waals surface area contributed by atoms with Crippen molar-refractivity contribution in [3.63, 3.8) is 0 Å². The molecule has 0 aromatic carbocycles. The van der Waals surface area contributed by atoms with Crippen molar-refractivity contribution in [3.05, 3.63) is 12.4 Å². The second kappa shape index (κ2) is 4.99. The lowest BCUT2D eigenvalue weighted by atomic mass is 10.3. The fourth-order valence-electron chi connectivity index (χ4n) is 0.876. The van der Waals surface area contributed by atoms with Gasteiger partial charge >= 0.3 is 0 Å². The Morgan fingerprint density at radius 3 is 3.08 bits per heavy atom. The van der Waals surface area contributed by atoms with Crippen molar-refractivity contribution in [2.45, 2.75) is 12.8 Å². The van der Waals surface area contributed by atoms with Crippen LogP contribution in [-0.2, 0) is 0 Å². The summed E-state index contributed by atoms with van der Waals surface area (Å²) in [6.07, 6.45) is 8.24. The minimum Gasteiger partial charge on any atom is -0.384 e. The Morgan fingerprint density at radius 1 is 1.54 bits per heavy atom. The molecule has 0 spiro atoms. The molecule has 3 N–H and O–H groups in total. The van der Waals surface area contributed by atoms with Crippen molar-refractivity contribution in [2.75, 3.05) is 17.6 Å². The van der Waals surface area contributed by atoms with Crippen molar-refractivity contribution in [3.8, 4) is 12.3 Å². The van der Waals surface area contributed by atoms with Gasteiger partial charge in [0.2, 0.25) is 0 Å². The van der Waals surface area contributed by atoms with Crippen LogP contribution in [0.15, 0.2) is 12.4 Å². The van der Waals surface area contributed by atoms with Gasteiger partial charge < -0.3 is 11.1 Å². The van der Waals surface area contributed by atoms with Crippen LogP contribution in [0.4, 0.5) is 11.6 Å². The number of terminal acetylenes is 1. The number of nitrogens with one attached hydrogen (secondary N) is 1. The van der Waals surface area contributed by atoms with Gasteiger partial charge in [-0.2, -0.15) is 0 Å². The molecule has 4 nitrogen and oxygen atoms in total. The van der Waals surface area contributed by atoms with Crippen molar-refractivity contribution in [2.24, 2.45) is 0 Å². The first-order chi connectivity index (χ1) is 6.33. The number of nitrogens with zero attached hydrogens (tertiary/aromatic N) is 2. The third-order valence-corrected chi connectivity index (χ3v) is 1.49. The molecule has 1 aromatic rings. The molecule has 4 heteroatoms. The summed E-state index contributed by atoms with van der Waals surface area (Å²) < 4.78 is 0. The first kappa shape index (κ1) is 9.33. The molecule has 0 saturated heterocycles. The number of rotatable bonds is 4. The molecule has 0 bridgehead atoms. The molecular weight excluding hydrogens is 164 g/mol. The third kappa shape index (κ3) is 3.43. The molecule has 68 valence electrons. The van der Waals surface area contributed by atoms with Crippen molar-refractivity contribution in [1.29, 1.82) is 0 Å². The SMILES string of the molecule is C#CCCCNc1cc(N)ncn1. The van der Waals surface area contributed by atoms with Gasteiger partial charge in [0.05, 0.1) is 0 Å². The van der Waals surface area contributed by atoms with E-state index in [1.807, 2.05) is 0 Å². The molecule has 0 unspecified atom stereocenters. The van der Waals surface area contributed by atoms with E-state index in [0.717, 1.165) is 25.2 Å². The van der Waals surface area contributed by atoms with Gasteiger partial charge in [0.15, 0.2) is 0 Å². The average Bonchev–Trinajstić information content (AvgIpc) is 2.13. The van der Waals surface area contributed by atoms with Crippen molar-refractivity contribution < 1.29 is 0 Å². The van der Waals surface area contributed by atoms with E-state index in [4.69, 9.17) is 12.2 Å². The summed E-state index contributed by atoms with van der Waals surface area (Å²) in [5, 5.41) is 3.09. The Labute approximate surface area is 77.6 Å². The molecule has 1 rings (SSSR count). The van der Waals surface area contributed by atoms with Gasteiger partial charge in [0.1, 0.15) is 18.0 Å². The first-order valence-corrected chi connectivity index (χ1v) is 4.08. The Hall–Kier alpha value is -1.76. The van der Waals surface area contributed by atoms with Gasteiger partial charge in [-0.1, -0.05) is 0 Å². The zero-order chi connectivity index (χ0) is 9.52. The van der Waals surface area contributed by atoms with Crippen LogP contribution in [0.2, 0.25) is 0 Å². The number of anilines is 2. The van der Waals surface area contributed by atoms with Gasteiger partial charge in [-0.05, 0) is 6.42 Å². The summed E-state index contributed by atoms with van der Waals surface area (Å²) in [6.45, 7) is 0.806. The molecule has 0 radical (unpaired) electrons. The predicted molar refractivity (Wildman–Crippen MR) is 53.0 cm³/mol. The van der Waals surface area contributed by atoms with Crippen LogP contribution >= 0.6 is 0 Å². The average molecular weight is 176 g/mol. The summed E-state index contributed by atoms with van der Waals surface area (Å²) in [4.78, 5) is 7.76. The maximum atomic E-state index is 5.47. The van der Waals surface area contributed by atoms with E-state index in [0.29, 0.717) is 5.82 Å². The molecular formula is C9H12N4. The largest absolute Gasteiger partial charge is 0.384 e. The van der Waals surface area contributed by atoms with Crippen LogP contribution in [0, 0.1) is 12.3 Å². The maximum absolute atomic E-state index is 5.47. The van der Waals surface area contributed by atoms with E-state index >= 15 is 0 Å². The first-order valence-electron chi connectivity index (χ1n) is 4.08. The number of unbranched alkanes of at least 4 members (excludes halogenated alkanes) is 1. The number of nitrogen functional groups attached to an aromatic ring is 1. The predicted octanol–water partition coefficient (Wildman–Crippen LogP) is 0.884. The molecule has 0 saturated carbocycles. The van der Waals surface area contributed by atoms with Gasteiger partial charge in [0.25, 0.3) is 0 Å². The standard InChI is InChI=1S/C9H12N4/c1-2-3-4-5-11-9-6-8(10)12-7-13-9/h1,6-7H,3-5H2,(H3,10,11,12,13). The monoisotopic (exact) mass is 176 g/mol. The lowest BCUT2D eigenvalue weighted by Crippen LogP contribution is -2.04. The lowest BCUT2D eigenvalue weighted by Gasteiger charge is -2.03. The summed E-state index contributed by atoms with van der Waals surface area (Å²) in [6, 6.07) is 1.69. The normalized spacial score (nSPS) is 9.15. The van der Waals surface area contributed by atoms with Crippen LogP contribution in [0.3, 0.4) is 0 Å². The van der Waals surface area contributed by atoms with Crippen molar-refractivity contribution in [1.82, 2.24) is 9.97 Å². The van der Waals surface area contributed by atoms with E-state index in [2.05, 4.69) is 21.2 Å². The highest BCUT2D eigenvalue weighted by molar-refractivity contribution is 5.42. The number of hydrogen-bond donors (Lipinski definition) is 2. The Kier molecular flexibility index (Phi) is 3.58. The highest BCUT2D eigenvalue weighted by atomic mass is 15.0. The fraction of sp³-hybridized carbons (Fsp3) is 0.333. The molecule has 1 aromatic heterocycles. The fourth-order valence-corrected chi connectivity index (χ4v) is 0.876. The second-order valence-electron chi connectivity index (χ2n) is 2.56. The van der Waals surface area contributed by atoms with Crippen LogP contribution in [0.25, 0.3) is 0 Å². The molecule has 0 aliphatic rings. The summed E-state index contributed by atoms with van der Waals surface area (Å²) in [5.41, 5.74) is 5.47. The molecule has 1 heterocycles. The van der Waals surface area contributed by atoms with Gasteiger partial charge in [-0.15, -0.1) is 12.3 Å². The van der Waals surface area contributed by atoms with E-state index < -0.39 is 0 Å². The van der Waals surface area contributed by atoms with Gasteiger partial charge in [0, 0.05) is 19.0 Å². The van der Waals surface area contributed by atoms with Gasteiger partial charge in [-0.3, -0.25) is 0 Å². The smallest absolute Gasteiger partial charge is 0.131 e. The van der Waals surface area contributed by atoms with Crippen LogP contribution in [0.5, 0.6) is 0 Å². The summed E-state index contributed by atoms with van der Waals surface area (Å²) >= 11 is 0. The van der Waals surface area contributed by atoms with E-state index in [1.165, 1.54) is 6.33 Å². The Morgan fingerprint density at radius 2 is 2.38 bits per heavy atom. The van der Waals surface area contributed by atoms with Crippen LogP contribution in [0.1, 0.15) is 12.8 Å². The van der Waals surface area contributed by atoms with E-state index in [1.54, 1.807) is 6.07 Å². The lowest BCUT2D eigenvalue weighted by molar-refractivity contribution is 0.900. The zero-order valence-corrected chi connectivity index (χ0v) is 7.33. The molecule has 0 aliphatic carbocycles. The number of aromatic nitrogens is 2. The van der Waals surface area contributed by atoms with E-state index in [-0.39, 0.29) is 0 Å². The number of hydrogen-bond acceptors (Lipinski definition) is 4. The van der Waals surface area contributed by atoms with Gasteiger partial charge in [-0.25, -0.2) is 9.97 Å². The number of nitrogens with two attached hydrogens (primary N) is 1. The highest BCUT2D eigenvalue weighted by Gasteiger charge is 1.93. The quantitative estimate of drug-likeness (QED) is 0.528. The minimum absolute atomic E-state index is 0.467. The van der Waals surface area contributed by atoms with E-state index in [9.17, 15) is 0 Å². The van der Waals surface area contributed by atoms with Crippen molar-refractivity contribution >= 4 is 11.6 Å². The Bertz CT molecular complexity index is 303. The van der Waals surface area contributed by atoms with Crippen LogP contribution < -0.4 is 11.1 Å². The molecule has 13 heavy (non-hydrogen) atoms. The minimum atomic E-state index is 0.467. The van der Waals surface area contributed by atoms with Crippen LogP contribution in [-0.4, -0.2) is 16.5 Å². The maximum Gasteiger partial charge on any atom is 0.131 e. The zero-order valence-electron chi connectivity index (χ0n) is 7.33. The molecule has 0 atom stereocenters. The topological polar surface area (TPSA) is 63.8 Å².